The lowest BCUT2D eigenvalue weighted by atomic mass is 10.1. The number of nitrogens with one attached hydrogen (secondary N) is 1. The predicted molar refractivity (Wildman–Crippen MR) is 79.7 cm³/mol. The van der Waals surface area contributed by atoms with Gasteiger partial charge in [0.15, 0.2) is 0 Å². The SMILES string of the molecule is CCNC(CSCC(C)C)c1ccc(F)c(C)c1. The molecule has 0 saturated heterocycles. The van der Waals surface area contributed by atoms with Gasteiger partial charge in [0, 0.05) is 11.8 Å². The van der Waals surface area contributed by atoms with E-state index in [0.717, 1.165) is 17.9 Å². The zero-order valence-electron chi connectivity index (χ0n) is 11.8. The molecule has 18 heavy (non-hydrogen) atoms. The second kappa shape index (κ2) is 7.80. The lowest BCUT2D eigenvalue weighted by molar-refractivity contribution is 0.593. The van der Waals surface area contributed by atoms with Crippen molar-refractivity contribution in [1.82, 2.24) is 5.32 Å². The lowest BCUT2D eigenvalue weighted by Gasteiger charge is -2.19. The van der Waals surface area contributed by atoms with Gasteiger partial charge in [0.2, 0.25) is 0 Å². The standard InChI is InChI=1S/C15H24FNS/c1-5-17-15(10-18-9-11(2)3)13-6-7-14(16)12(4)8-13/h6-8,11,15,17H,5,9-10H2,1-4H3. The van der Waals surface area contributed by atoms with Gasteiger partial charge >= 0.3 is 0 Å². The fourth-order valence-electron chi connectivity index (χ4n) is 1.83. The van der Waals surface area contributed by atoms with Gasteiger partial charge in [-0.2, -0.15) is 11.8 Å². The number of hydrogen-bond acceptors (Lipinski definition) is 2. The third-order valence-corrected chi connectivity index (χ3v) is 4.24. The first kappa shape index (κ1) is 15.5. The average Bonchev–Trinajstić information content (AvgIpc) is 2.31. The van der Waals surface area contributed by atoms with E-state index in [1.54, 1.807) is 6.07 Å². The Kier molecular flexibility index (Phi) is 6.72. The smallest absolute Gasteiger partial charge is 0.126 e. The fraction of sp³-hybridized carbons (Fsp3) is 0.600. The zero-order chi connectivity index (χ0) is 13.5. The zero-order valence-corrected chi connectivity index (χ0v) is 12.6. The van der Waals surface area contributed by atoms with E-state index < -0.39 is 0 Å². The minimum absolute atomic E-state index is 0.121. The Bertz CT molecular complexity index is 366. The summed E-state index contributed by atoms with van der Waals surface area (Å²) in [5.74, 6) is 2.80. The first-order valence-electron chi connectivity index (χ1n) is 6.61. The molecule has 3 heteroatoms. The van der Waals surface area contributed by atoms with Crippen molar-refractivity contribution in [1.29, 1.82) is 0 Å². The Morgan fingerprint density at radius 1 is 1.28 bits per heavy atom. The van der Waals surface area contributed by atoms with Crippen LogP contribution in [0.25, 0.3) is 0 Å². The Balaban J connectivity index is 2.67. The van der Waals surface area contributed by atoms with Crippen molar-refractivity contribution >= 4 is 11.8 Å². The molecule has 1 aromatic carbocycles. The summed E-state index contributed by atoms with van der Waals surface area (Å²) in [7, 11) is 0. The van der Waals surface area contributed by atoms with Crippen LogP contribution in [-0.4, -0.2) is 18.1 Å². The van der Waals surface area contributed by atoms with E-state index >= 15 is 0 Å². The van der Waals surface area contributed by atoms with Crippen LogP contribution in [0.5, 0.6) is 0 Å². The van der Waals surface area contributed by atoms with E-state index in [2.05, 4.69) is 26.1 Å². The molecule has 1 rings (SSSR count). The van der Waals surface area contributed by atoms with Crippen LogP contribution in [-0.2, 0) is 0 Å². The molecule has 0 heterocycles. The van der Waals surface area contributed by atoms with E-state index in [0.29, 0.717) is 12.0 Å². The Labute approximate surface area is 115 Å². The van der Waals surface area contributed by atoms with Crippen molar-refractivity contribution in [3.05, 3.63) is 35.1 Å². The first-order valence-corrected chi connectivity index (χ1v) is 7.77. The lowest BCUT2D eigenvalue weighted by Crippen LogP contribution is -2.23. The van der Waals surface area contributed by atoms with E-state index in [9.17, 15) is 4.39 Å². The molecule has 0 aliphatic carbocycles. The number of aryl methyl sites for hydroxylation is 1. The van der Waals surface area contributed by atoms with E-state index in [1.807, 2.05) is 30.8 Å². The number of rotatable bonds is 7. The Morgan fingerprint density at radius 3 is 2.56 bits per heavy atom. The van der Waals surface area contributed by atoms with Crippen molar-refractivity contribution in [3.63, 3.8) is 0 Å². The summed E-state index contributed by atoms with van der Waals surface area (Å²) in [4.78, 5) is 0. The van der Waals surface area contributed by atoms with Gasteiger partial charge in [-0.25, -0.2) is 4.39 Å². The minimum atomic E-state index is -0.121. The minimum Gasteiger partial charge on any atom is -0.310 e. The van der Waals surface area contributed by atoms with Crippen LogP contribution in [0.15, 0.2) is 18.2 Å². The van der Waals surface area contributed by atoms with Crippen LogP contribution < -0.4 is 5.32 Å². The predicted octanol–water partition coefficient (Wildman–Crippen LogP) is 4.17. The molecule has 0 aromatic heterocycles. The van der Waals surface area contributed by atoms with Crippen LogP contribution in [0.3, 0.4) is 0 Å². The Hall–Kier alpha value is -0.540. The summed E-state index contributed by atoms with van der Waals surface area (Å²) < 4.78 is 13.3. The quantitative estimate of drug-likeness (QED) is 0.797. The molecule has 0 saturated carbocycles. The molecule has 0 amide bonds. The molecular weight excluding hydrogens is 245 g/mol. The summed E-state index contributed by atoms with van der Waals surface area (Å²) in [6, 6.07) is 5.74. The van der Waals surface area contributed by atoms with Gasteiger partial charge in [0.1, 0.15) is 5.82 Å². The van der Waals surface area contributed by atoms with Gasteiger partial charge in [0.05, 0.1) is 0 Å². The third kappa shape index (κ3) is 4.99. The molecule has 0 spiro atoms. The normalized spacial score (nSPS) is 13.0. The first-order chi connectivity index (χ1) is 8.54. The van der Waals surface area contributed by atoms with Crippen LogP contribution in [0.2, 0.25) is 0 Å². The Morgan fingerprint density at radius 2 is 2.00 bits per heavy atom. The molecule has 0 fully saturated rings. The molecule has 1 unspecified atom stereocenters. The van der Waals surface area contributed by atoms with Crippen molar-refractivity contribution in [3.8, 4) is 0 Å². The molecule has 102 valence electrons. The molecule has 1 nitrogen and oxygen atoms in total. The van der Waals surface area contributed by atoms with Crippen molar-refractivity contribution in [2.45, 2.75) is 33.7 Å². The maximum Gasteiger partial charge on any atom is 0.126 e. The summed E-state index contributed by atoms with van der Waals surface area (Å²) in [6.45, 7) is 9.33. The fourth-order valence-corrected chi connectivity index (χ4v) is 2.98. The highest BCUT2D eigenvalue weighted by molar-refractivity contribution is 7.99. The van der Waals surface area contributed by atoms with Gasteiger partial charge in [-0.3, -0.25) is 0 Å². The number of thioether (sulfide) groups is 1. The van der Waals surface area contributed by atoms with E-state index in [4.69, 9.17) is 0 Å². The van der Waals surface area contributed by atoms with Gasteiger partial charge < -0.3 is 5.32 Å². The third-order valence-electron chi connectivity index (χ3n) is 2.77. The van der Waals surface area contributed by atoms with Crippen LogP contribution in [0, 0.1) is 18.7 Å². The molecule has 1 N–H and O–H groups in total. The number of hydrogen-bond donors (Lipinski definition) is 1. The number of halogens is 1. The largest absolute Gasteiger partial charge is 0.310 e. The molecular formula is C15H24FNS. The second-order valence-corrected chi connectivity index (χ2v) is 6.13. The highest BCUT2D eigenvalue weighted by Crippen LogP contribution is 2.22. The number of benzene rings is 1. The van der Waals surface area contributed by atoms with Crippen molar-refractivity contribution in [2.75, 3.05) is 18.1 Å². The molecule has 0 radical (unpaired) electrons. The van der Waals surface area contributed by atoms with Crippen LogP contribution in [0.1, 0.15) is 37.9 Å². The average molecular weight is 269 g/mol. The van der Waals surface area contributed by atoms with E-state index in [-0.39, 0.29) is 5.82 Å². The van der Waals surface area contributed by atoms with Gasteiger partial charge in [0.25, 0.3) is 0 Å². The topological polar surface area (TPSA) is 12.0 Å². The second-order valence-electron chi connectivity index (χ2n) is 5.05. The summed E-state index contributed by atoms with van der Waals surface area (Å²) >= 11 is 1.96. The summed E-state index contributed by atoms with van der Waals surface area (Å²) in [6.07, 6.45) is 0. The van der Waals surface area contributed by atoms with Crippen LogP contribution in [0.4, 0.5) is 4.39 Å². The van der Waals surface area contributed by atoms with Gasteiger partial charge in [-0.05, 0) is 42.3 Å². The molecule has 1 atom stereocenters. The summed E-state index contributed by atoms with van der Waals surface area (Å²) in [5, 5.41) is 3.48. The monoisotopic (exact) mass is 269 g/mol. The maximum atomic E-state index is 13.3. The van der Waals surface area contributed by atoms with Gasteiger partial charge in [-0.1, -0.05) is 32.9 Å². The molecule has 0 aliphatic rings. The highest BCUT2D eigenvalue weighted by atomic mass is 32.2. The molecule has 0 bridgehead atoms. The maximum absolute atomic E-state index is 13.3. The summed E-state index contributed by atoms with van der Waals surface area (Å²) in [5.41, 5.74) is 1.91. The molecule has 1 aromatic rings. The van der Waals surface area contributed by atoms with Gasteiger partial charge in [-0.15, -0.1) is 0 Å². The highest BCUT2D eigenvalue weighted by Gasteiger charge is 2.12. The van der Waals surface area contributed by atoms with Crippen molar-refractivity contribution in [2.24, 2.45) is 5.92 Å². The van der Waals surface area contributed by atoms with Crippen LogP contribution >= 0.6 is 11.8 Å². The molecule has 0 aliphatic heterocycles. The van der Waals surface area contributed by atoms with Crippen molar-refractivity contribution < 1.29 is 4.39 Å². The van der Waals surface area contributed by atoms with E-state index in [1.165, 1.54) is 11.3 Å².